The summed E-state index contributed by atoms with van der Waals surface area (Å²) in [4.78, 5) is 15.7. The van der Waals surface area contributed by atoms with Crippen LogP contribution in [0.25, 0.3) is 0 Å². The Hall–Kier alpha value is -2.31. The van der Waals surface area contributed by atoms with E-state index in [0.717, 1.165) is 11.4 Å². The number of nitrogens with two attached hydrogens (primary N) is 1. The Morgan fingerprint density at radius 1 is 1.47 bits per heavy atom. The summed E-state index contributed by atoms with van der Waals surface area (Å²) < 4.78 is 3.53. The van der Waals surface area contributed by atoms with E-state index in [1.807, 2.05) is 24.6 Å². The summed E-state index contributed by atoms with van der Waals surface area (Å²) in [6.45, 7) is 5.13. The summed E-state index contributed by atoms with van der Waals surface area (Å²) in [5, 5.41) is 7.06. The first-order valence-corrected chi connectivity index (χ1v) is 6.10. The van der Waals surface area contributed by atoms with Gasteiger partial charge in [0.05, 0.1) is 23.4 Å². The van der Waals surface area contributed by atoms with Crippen molar-refractivity contribution in [2.45, 2.75) is 26.9 Å². The number of carbonyl (C=O) groups excluding carboxylic acids is 1. The number of anilines is 1. The van der Waals surface area contributed by atoms with Crippen LogP contribution in [0.5, 0.6) is 0 Å². The van der Waals surface area contributed by atoms with Gasteiger partial charge in [-0.2, -0.15) is 5.10 Å². The van der Waals surface area contributed by atoms with Gasteiger partial charge in [0.1, 0.15) is 6.54 Å². The Kier molecular flexibility index (Phi) is 3.84. The van der Waals surface area contributed by atoms with Gasteiger partial charge in [-0.1, -0.05) is 0 Å². The van der Waals surface area contributed by atoms with Crippen LogP contribution in [0, 0.1) is 13.8 Å². The zero-order chi connectivity index (χ0) is 13.8. The lowest BCUT2D eigenvalue weighted by Gasteiger charge is -2.07. The molecule has 0 saturated heterocycles. The van der Waals surface area contributed by atoms with E-state index in [0.29, 0.717) is 18.8 Å². The summed E-state index contributed by atoms with van der Waals surface area (Å²) in [5.41, 5.74) is 8.04. The van der Waals surface area contributed by atoms with Crippen molar-refractivity contribution in [2.75, 3.05) is 12.3 Å². The number of hydrogen-bond acceptors (Lipinski definition) is 4. The lowest BCUT2D eigenvalue weighted by atomic mass is 10.3. The molecular formula is C12H18N6O. The Balaban J connectivity index is 1.82. The maximum atomic E-state index is 11.8. The molecule has 0 unspecified atom stereocenters. The molecule has 1 amide bonds. The summed E-state index contributed by atoms with van der Waals surface area (Å²) in [7, 11) is 0. The fourth-order valence-electron chi connectivity index (χ4n) is 1.80. The fraction of sp³-hybridized carbons (Fsp3) is 0.417. The minimum atomic E-state index is -0.0780. The Labute approximate surface area is 111 Å². The van der Waals surface area contributed by atoms with Crippen molar-refractivity contribution in [1.82, 2.24) is 24.6 Å². The molecule has 0 radical (unpaired) electrons. The molecule has 0 bridgehead atoms. The molecule has 0 fully saturated rings. The number of imidazole rings is 1. The van der Waals surface area contributed by atoms with E-state index in [9.17, 15) is 4.79 Å². The van der Waals surface area contributed by atoms with E-state index in [-0.39, 0.29) is 12.5 Å². The number of rotatable bonds is 5. The molecule has 0 aliphatic rings. The van der Waals surface area contributed by atoms with Crippen LogP contribution in [-0.4, -0.2) is 31.8 Å². The Bertz CT molecular complexity index is 557. The summed E-state index contributed by atoms with van der Waals surface area (Å²) in [6, 6.07) is 0. The predicted molar refractivity (Wildman–Crippen MR) is 71.4 cm³/mol. The predicted octanol–water partition coefficient (Wildman–Crippen LogP) is 0.0950. The van der Waals surface area contributed by atoms with Gasteiger partial charge in [-0.05, 0) is 13.8 Å². The molecule has 102 valence electrons. The van der Waals surface area contributed by atoms with Crippen molar-refractivity contribution in [3.05, 3.63) is 30.1 Å². The monoisotopic (exact) mass is 262 g/mol. The summed E-state index contributed by atoms with van der Waals surface area (Å²) in [5.74, 6) is -0.0780. The van der Waals surface area contributed by atoms with Gasteiger partial charge in [0.15, 0.2) is 0 Å². The van der Waals surface area contributed by atoms with Crippen LogP contribution in [-0.2, 0) is 17.9 Å². The van der Waals surface area contributed by atoms with E-state index in [1.165, 1.54) is 0 Å². The molecule has 19 heavy (non-hydrogen) atoms. The van der Waals surface area contributed by atoms with Crippen LogP contribution in [0.2, 0.25) is 0 Å². The number of aromatic nitrogens is 4. The Morgan fingerprint density at radius 3 is 2.84 bits per heavy atom. The van der Waals surface area contributed by atoms with Gasteiger partial charge in [0.2, 0.25) is 5.91 Å². The van der Waals surface area contributed by atoms with E-state index < -0.39 is 0 Å². The van der Waals surface area contributed by atoms with Crippen LogP contribution >= 0.6 is 0 Å². The Morgan fingerprint density at radius 2 is 2.26 bits per heavy atom. The third kappa shape index (κ3) is 3.12. The molecule has 0 spiro atoms. The van der Waals surface area contributed by atoms with Gasteiger partial charge in [-0.25, -0.2) is 4.98 Å². The van der Waals surface area contributed by atoms with Gasteiger partial charge in [0, 0.05) is 25.5 Å². The van der Waals surface area contributed by atoms with Gasteiger partial charge in [-0.15, -0.1) is 0 Å². The van der Waals surface area contributed by atoms with Crippen molar-refractivity contribution in [3.8, 4) is 0 Å². The van der Waals surface area contributed by atoms with E-state index in [2.05, 4.69) is 15.4 Å². The summed E-state index contributed by atoms with van der Waals surface area (Å²) in [6.07, 6.45) is 5.28. The van der Waals surface area contributed by atoms with Crippen LogP contribution in [0.15, 0.2) is 18.7 Å². The highest BCUT2D eigenvalue weighted by atomic mass is 16.2. The highest BCUT2D eigenvalue weighted by Gasteiger charge is 2.10. The highest BCUT2D eigenvalue weighted by Crippen LogP contribution is 2.14. The first kappa shape index (κ1) is 13.1. The molecule has 0 saturated carbocycles. The van der Waals surface area contributed by atoms with Gasteiger partial charge < -0.3 is 15.6 Å². The van der Waals surface area contributed by atoms with Gasteiger partial charge in [-0.3, -0.25) is 9.48 Å². The van der Waals surface area contributed by atoms with Gasteiger partial charge >= 0.3 is 0 Å². The molecule has 3 N–H and O–H groups in total. The molecule has 7 heteroatoms. The zero-order valence-electron chi connectivity index (χ0n) is 11.1. The molecule has 2 aromatic rings. The first-order valence-electron chi connectivity index (χ1n) is 6.10. The maximum absolute atomic E-state index is 11.8. The number of nitrogen functional groups attached to an aromatic ring is 1. The quantitative estimate of drug-likeness (QED) is 0.799. The van der Waals surface area contributed by atoms with Crippen LogP contribution < -0.4 is 11.1 Å². The third-order valence-electron chi connectivity index (χ3n) is 2.98. The normalized spacial score (nSPS) is 10.6. The number of amides is 1. The lowest BCUT2D eigenvalue weighted by molar-refractivity contribution is -0.121. The average molecular weight is 262 g/mol. The van der Waals surface area contributed by atoms with E-state index >= 15 is 0 Å². The summed E-state index contributed by atoms with van der Waals surface area (Å²) >= 11 is 0. The van der Waals surface area contributed by atoms with Gasteiger partial charge in [0.25, 0.3) is 0 Å². The van der Waals surface area contributed by atoms with E-state index in [4.69, 9.17) is 5.73 Å². The topological polar surface area (TPSA) is 90.8 Å². The van der Waals surface area contributed by atoms with Crippen molar-refractivity contribution in [1.29, 1.82) is 0 Å². The second-order valence-electron chi connectivity index (χ2n) is 4.39. The van der Waals surface area contributed by atoms with E-state index in [1.54, 1.807) is 17.2 Å². The number of hydrogen-bond donors (Lipinski definition) is 2. The number of aryl methyl sites for hydroxylation is 1. The molecular weight excluding hydrogens is 244 g/mol. The third-order valence-corrected chi connectivity index (χ3v) is 2.98. The lowest BCUT2D eigenvalue weighted by Crippen LogP contribution is -2.31. The number of carbonyl (C=O) groups is 1. The molecule has 0 atom stereocenters. The van der Waals surface area contributed by atoms with Crippen LogP contribution in [0.4, 0.5) is 5.69 Å². The number of nitrogens with zero attached hydrogens (tertiary/aromatic N) is 4. The van der Waals surface area contributed by atoms with Crippen molar-refractivity contribution in [3.63, 3.8) is 0 Å². The maximum Gasteiger partial charge on any atom is 0.241 e. The second kappa shape index (κ2) is 5.55. The number of nitrogens with one attached hydrogen (secondary N) is 1. The SMILES string of the molecule is Cc1nn(CC(=O)NCCn2ccnc2)c(C)c1N. The molecule has 0 aliphatic heterocycles. The van der Waals surface area contributed by atoms with Crippen molar-refractivity contribution in [2.24, 2.45) is 0 Å². The standard InChI is InChI=1S/C12H18N6O/c1-9-12(13)10(2)18(16-9)7-11(19)15-4-6-17-5-3-14-8-17/h3,5,8H,4,6-7,13H2,1-2H3,(H,15,19). The van der Waals surface area contributed by atoms with Crippen LogP contribution in [0.3, 0.4) is 0 Å². The fourth-order valence-corrected chi connectivity index (χ4v) is 1.80. The molecule has 2 aromatic heterocycles. The minimum Gasteiger partial charge on any atom is -0.396 e. The minimum absolute atomic E-state index is 0.0780. The van der Waals surface area contributed by atoms with Crippen molar-refractivity contribution >= 4 is 11.6 Å². The molecule has 0 aliphatic carbocycles. The molecule has 2 heterocycles. The van der Waals surface area contributed by atoms with Crippen molar-refractivity contribution < 1.29 is 4.79 Å². The molecule has 7 nitrogen and oxygen atoms in total. The highest BCUT2D eigenvalue weighted by molar-refractivity contribution is 5.75. The second-order valence-corrected chi connectivity index (χ2v) is 4.39. The first-order chi connectivity index (χ1) is 9.08. The smallest absolute Gasteiger partial charge is 0.241 e. The molecule has 0 aromatic carbocycles. The average Bonchev–Trinajstić information content (AvgIpc) is 2.96. The molecule has 2 rings (SSSR count). The zero-order valence-corrected chi connectivity index (χ0v) is 11.1. The van der Waals surface area contributed by atoms with Crippen LogP contribution in [0.1, 0.15) is 11.4 Å². The largest absolute Gasteiger partial charge is 0.396 e.